The van der Waals surface area contributed by atoms with Crippen LogP contribution in [0.2, 0.25) is 0 Å². The van der Waals surface area contributed by atoms with E-state index in [1.165, 1.54) is 12.1 Å². The van der Waals surface area contributed by atoms with E-state index in [-0.39, 0.29) is 25.2 Å². The van der Waals surface area contributed by atoms with Crippen LogP contribution in [-0.4, -0.2) is 30.4 Å². The van der Waals surface area contributed by atoms with Crippen LogP contribution in [0.5, 0.6) is 0 Å². The van der Waals surface area contributed by atoms with Crippen LogP contribution in [0.1, 0.15) is 17.5 Å². The molecule has 1 saturated heterocycles. The van der Waals surface area contributed by atoms with Crippen LogP contribution in [0.15, 0.2) is 53.0 Å². The van der Waals surface area contributed by atoms with Gasteiger partial charge in [0.05, 0.1) is 37.4 Å². The summed E-state index contributed by atoms with van der Waals surface area (Å²) in [5.74, 6) is -2.61. The molecule has 0 bridgehead atoms. The maximum Gasteiger partial charge on any atom is 0.308 e. The van der Waals surface area contributed by atoms with Crippen LogP contribution >= 0.6 is 15.9 Å². The summed E-state index contributed by atoms with van der Waals surface area (Å²) >= 11 is 3.28. The van der Waals surface area contributed by atoms with E-state index in [1.807, 2.05) is 30.3 Å². The summed E-state index contributed by atoms with van der Waals surface area (Å²) in [7, 11) is 0. The first-order valence-corrected chi connectivity index (χ1v) is 9.40. The standard InChI is InChI=1S/C20H21BrFNO4/c21-14-6-7-18(22)16(8-14)20(23)12-27-15(9-17(20)19(24)25)11-26-10-13-4-2-1-3-5-13/h1-8,15,17H,9-12,23H2,(H,24,25)/t15-,17+,20-/m1/s1. The van der Waals surface area contributed by atoms with E-state index in [9.17, 15) is 14.3 Å². The molecule has 1 aliphatic heterocycles. The van der Waals surface area contributed by atoms with Crippen molar-refractivity contribution in [1.82, 2.24) is 0 Å². The van der Waals surface area contributed by atoms with Gasteiger partial charge in [-0.1, -0.05) is 46.3 Å². The van der Waals surface area contributed by atoms with Crippen molar-refractivity contribution in [2.75, 3.05) is 13.2 Å². The molecule has 1 aliphatic rings. The zero-order valence-corrected chi connectivity index (χ0v) is 16.2. The molecule has 1 fully saturated rings. The lowest BCUT2D eigenvalue weighted by Crippen LogP contribution is -2.57. The third-order valence-corrected chi connectivity index (χ3v) is 5.31. The number of carbonyl (C=O) groups is 1. The molecule has 2 aromatic carbocycles. The molecule has 27 heavy (non-hydrogen) atoms. The molecule has 0 unspecified atom stereocenters. The lowest BCUT2D eigenvalue weighted by atomic mass is 9.74. The molecule has 3 rings (SSSR count). The van der Waals surface area contributed by atoms with Gasteiger partial charge >= 0.3 is 5.97 Å². The van der Waals surface area contributed by atoms with Gasteiger partial charge in [0.15, 0.2) is 0 Å². The fourth-order valence-corrected chi connectivity index (χ4v) is 3.70. The van der Waals surface area contributed by atoms with Gasteiger partial charge < -0.3 is 20.3 Å². The van der Waals surface area contributed by atoms with Crippen molar-refractivity contribution in [3.8, 4) is 0 Å². The van der Waals surface area contributed by atoms with Crippen molar-refractivity contribution >= 4 is 21.9 Å². The van der Waals surface area contributed by atoms with Crippen molar-refractivity contribution < 1.29 is 23.8 Å². The zero-order valence-electron chi connectivity index (χ0n) is 14.6. The highest BCUT2D eigenvalue weighted by Gasteiger charge is 2.48. The largest absolute Gasteiger partial charge is 0.481 e. The van der Waals surface area contributed by atoms with Gasteiger partial charge in [-0.2, -0.15) is 0 Å². The van der Waals surface area contributed by atoms with Crippen LogP contribution in [0.25, 0.3) is 0 Å². The first-order chi connectivity index (χ1) is 12.9. The summed E-state index contributed by atoms with van der Waals surface area (Å²) in [4.78, 5) is 11.9. The predicted molar refractivity (Wildman–Crippen MR) is 102 cm³/mol. The Morgan fingerprint density at radius 2 is 2.07 bits per heavy atom. The Bertz CT molecular complexity index is 804. The van der Waals surface area contributed by atoms with E-state index in [2.05, 4.69) is 15.9 Å². The molecule has 0 spiro atoms. The van der Waals surface area contributed by atoms with Gasteiger partial charge in [-0.05, 0) is 30.2 Å². The molecule has 5 nitrogen and oxygen atoms in total. The van der Waals surface area contributed by atoms with Crippen molar-refractivity contribution in [2.45, 2.75) is 24.7 Å². The van der Waals surface area contributed by atoms with E-state index in [4.69, 9.17) is 15.2 Å². The molecule has 3 atom stereocenters. The van der Waals surface area contributed by atoms with Crippen LogP contribution < -0.4 is 5.73 Å². The molecule has 1 heterocycles. The number of ether oxygens (including phenoxy) is 2. The summed E-state index contributed by atoms with van der Waals surface area (Å²) in [5, 5.41) is 9.71. The maximum absolute atomic E-state index is 14.3. The predicted octanol–water partition coefficient (Wildman–Crippen LogP) is 3.45. The van der Waals surface area contributed by atoms with Crippen molar-refractivity contribution in [1.29, 1.82) is 0 Å². The molecule has 0 aliphatic carbocycles. The van der Waals surface area contributed by atoms with E-state index >= 15 is 0 Å². The molecule has 0 saturated carbocycles. The van der Waals surface area contributed by atoms with Gasteiger partial charge in [0.1, 0.15) is 5.82 Å². The van der Waals surface area contributed by atoms with Gasteiger partial charge in [0.2, 0.25) is 0 Å². The average Bonchev–Trinajstić information content (AvgIpc) is 2.65. The Hall–Kier alpha value is -1.80. The third kappa shape index (κ3) is 4.55. The molecule has 0 aromatic heterocycles. The van der Waals surface area contributed by atoms with E-state index in [1.54, 1.807) is 6.07 Å². The molecule has 7 heteroatoms. The minimum absolute atomic E-state index is 0.100. The van der Waals surface area contributed by atoms with Gasteiger partial charge in [-0.15, -0.1) is 0 Å². The van der Waals surface area contributed by atoms with Gasteiger partial charge in [0.25, 0.3) is 0 Å². The topological polar surface area (TPSA) is 81.8 Å². The second-order valence-corrected chi connectivity index (χ2v) is 7.64. The number of rotatable bonds is 6. The number of benzene rings is 2. The number of halogens is 2. The van der Waals surface area contributed by atoms with Crippen LogP contribution in [0, 0.1) is 11.7 Å². The number of hydrogen-bond donors (Lipinski definition) is 2. The van der Waals surface area contributed by atoms with Gasteiger partial charge in [-0.25, -0.2) is 4.39 Å². The van der Waals surface area contributed by atoms with Crippen LogP contribution in [-0.2, 0) is 26.4 Å². The van der Waals surface area contributed by atoms with Crippen LogP contribution in [0.4, 0.5) is 4.39 Å². The zero-order chi connectivity index (χ0) is 19.4. The summed E-state index contributed by atoms with van der Waals surface area (Å²) in [5.41, 5.74) is 6.07. The molecule has 144 valence electrons. The normalized spacial score (nSPS) is 25.3. The third-order valence-electron chi connectivity index (χ3n) is 4.82. The maximum atomic E-state index is 14.3. The van der Waals surface area contributed by atoms with E-state index in [0.717, 1.165) is 5.56 Å². The Morgan fingerprint density at radius 1 is 1.33 bits per heavy atom. The van der Waals surface area contributed by atoms with Crippen molar-refractivity contribution in [2.24, 2.45) is 11.7 Å². The van der Waals surface area contributed by atoms with Gasteiger partial charge in [0, 0.05) is 10.0 Å². The highest BCUT2D eigenvalue weighted by atomic mass is 79.9. The fourth-order valence-electron chi connectivity index (χ4n) is 3.34. The molecular formula is C20H21BrFNO4. The highest BCUT2D eigenvalue weighted by Crippen LogP contribution is 2.38. The smallest absolute Gasteiger partial charge is 0.308 e. The minimum atomic E-state index is -1.45. The highest BCUT2D eigenvalue weighted by molar-refractivity contribution is 9.10. The van der Waals surface area contributed by atoms with Crippen molar-refractivity contribution in [3.63, 3.8) is 0 Å². The van der Waals surface area contributed by atoms with E-state index < -0.39 is 29.3 Å². The molecule has 2 aromatic rings. The molecule has 0 amide bonds. The number of hydrogen-bond acceptors (Lipinski definition) is 4. The Kier molecular flexibility index (Phi) is 6.26. The Morgan fingerprint density at radius 3 is 2.78 bits per heavy atom. The summed E-state index contributed by atoms with van der Waals surface area (Å²) in [6.07, 6.45) is -0.270. The number of carboxylic acids is 1. The van der Waals surface area contributed by atoms with Crippen molar-refractivity contribution in [3.05, 3.63) is 69.9 Å². The average molecular weight is 438 g/mol. The number of nitrogens with two attached hydrogens (primary N) is 1. The summed E-state index contributed by atoms with van der Waals surface area (Å²) in [6, 6.07) is 14.0. The van der Waals surface area contributed by atoms with E-state index in [0.29, 0.717) is 11.1 Å². The lowest BCUT2D eigenvalue weighted by Gasteiger charge is -2.42. The monoisotopic (exact) mass is 437 g/mol. The second kappa shape index (κ2) is 8.48. The summed E-state index contributed by atoms with van der Waals surface area (Å²) in [6.45, 7) is 0.554. The number of aliphatic carboxylic acids is 1. The first kappa shape index (κ1) is 19.9. The SMILES string of the molecule is N[C@@]1(c2cc(Br)ccc2F)CO[C@@H](COCc2ccccc2)C[C@H]1C(=O)O. The summed E-state index contributed by atoms with van der Waals surface area (Å²) < 4.78 is 26.4. The fraction of sp³-hybridized carbons (Fsp3) is 0.350. The van der Waals surface area contributed by atoms with Gasteiger partial charge in [-0.3, -0.25) is 4.79 Å². The lowest BCUT2D eigenvalue weighted by molar-refractivity contribution is -0.157. The molecule has 3 N–H and O–H groups in total. The van der Waals surface area contributed by atoms with Crippen LogP contribution in [0.3, 0.4) is 0 Å². The first-order valence-electron chi connectivity index (χ1n) is 8.60. The molecular weight excluding hydrogens is 417 g/mol. The minimum Gasteiger partial charge on any atom is -0.481 e. The molecule has 0 radical (unpaired) electrons. The Balaban J connectivity index is 1.70. The second-order valence-electron chi connectivity index (χ2n) is 6.72. The number of carboxylic acid groups (broad SMARTS) is 1. The quantitative estimate of drug-likeness (QED) is 0.722. The Labute approximate surface area is 165 Å².